The minimum atomic E-state index is 0.618. The minimum Gasteiger partial charge on any atom is -0.437 e. The molecule has 0 aliphatic heterocycles. The number of ether oxygens (including phenoxy) is 1. The van der Waals surface area contributed by atoms with Crippen LogP contribution >= 0.6 is 0 Å². The maximum atomic E-state index is 6.08. The van der Waals surface area contributed by atoms with E-state index in [9.17, 15) is 0 Å². The van der Waals surface area contributed by atoms with Crippen molar-refractivity contribution in [1.82, 2.24) is 9.78 Å². The molecule has 2 N–H and O–H groups in total. The van der Waals surface area contributed by atoms with Crippen molar-refractivity contribution in [2.75, 3.05) is 5.73 Å². The van der Waals surface area contributed by atoms with E-state index in [1.54, 1.807) is 4.68 Å². The molecule has 18 heavy (non-hydrogen) atoms. The molecule has 96 valence electrons. The van der Waals surface area contributed by atoms with Crippen LogP contribution in [0, 0.1) is 6.92 Å². The second-order valence-corrected chi connectivity index (χ2v) is 4.41. The number of hydrogen-bond acceptors (Lipinski definition) is 3. The lowest BCUT2D eigenvalue weighted by atomic mass is 10.2. The summed E-state index contributed by atoms with van der Waals surface area (Å²) >= 11 is 0. The highest BCUT2D eigenvalue weighted by atomic mass is 16.5. The van der Waals surface area contributed by atoms with Crippen molar-refractivity contribution in [2.45, 2.75) is 26.7 Å². The Kier molecular flexibility index (Phi) is 3.55. The molecule has 1 heterocycles. The zero-order chi connectivity index (χ0) is 13.1. The third-order valence-corrected chi connectivity index (χ3v) is 2.89. The molecule has 1 aromatic heterocycles. The topological polar surface area (TPSA) is 53.1 Å². The van der Waals surface area contributed by atoms with Crippen LogP contribution in [0.4, 0.5) is 5.69 Å². The Morgan fingerprint density at radius 2 is 2.06 bits per heavy atom. The molecule has 1 aromatic carbocycles. The number of nitrogen functional groups attached to an aromatic ring is 1. The molecule has 0 aliphatic rings. The number of hydrogen-bond donors (Lipinski definition) is 1. The summed E-state index contributed by atoms with van der Waals surface area (Å²) in [6.07, 6.45) is 1.89. The van der Waals surface area contributed by atoms with Gasteiger partial charge in [-0.1, -0.05) is 31.5 Å². The van der Waals surface area contributed by atoms with Gasteiger partial charge in [-0.05, 0) is 25.0 Å². The van der Waals surface area contributed by atoms with E-state index in [0.717, 1.165) is 29.8 Å². The number of para-hydroxylation sites is 1. The molecule has 0 radical (unpaired) electrons. The van der Waals surface area contributed by atoms with Gasteiger partial charge in [-0.2, -0.15) is 5.10 Å². The van der Waals surface area contributed by atoms with Crippen LogP contribution < -0.4 is 10.5 Å². The number of aromatic nitrogens is 2. The molecular formula is C14H19N3O. The number of rotatable bonds is 4. The third kappa shape index (κ3) is 2.32. The van der Waals surface area contributed by atoms with Crippen LogP contribution in [0.15, 0.2) is 24.3 Å². The molecule has 0 atom stereocenters. The van der Waals surface area contributed by atoms with E-state index in [4.69, 9.17) is 10.5 Å². The number of aryl methyl sites for hydroxylation is 3. The Morgan fingerprint density at radius 1 is 1.33 bits per heavy atom. The average Bonchev–Trinajstić information content (AvgIpc) is 2.60. The summed E-state index contributed by atoms with van der Waals surface area (Å²) in [5, 5.41) is 4.39. The molecule has 2 aromatic rings. The normalized spacial score (nSPS) is 10.6. The molecule has 0 bridgehead atoms. The Labute approximate surface area is 107 Å². The van der Waals surface area contributed by atoms with Crippen LogP contribution in [0.3, 0.4) is 0 Å². The molecule has 0 saturated carbocycles. The van der Waals surface area contributed by atoms with Crippen LogP contribution in [-0.4, -0.2) is 9.78 Å². The number of anilines is 1. The molecular weight excluding hydrogens is 226 g/mol. The lowest BCUT2D eigenvalue weighted by molar-refractivity contribution is 0.429. The first-order chi connectivity index (χ1) is 8.63. The van der Waals surface area contributed by atoms with E-state index in [1.807, 2.05) is 38.2 Å². The fourth-order valence-electron chi connectivity index (χ4n) is 1.90. The van der Waals surface area contributed by atoms with Crippen LogP contribution in [0.5, 0.6) is 11.6 Å². The van der Waals surface area contributed by atoms with Gasteiger partial charge >= 0.3 is 0 Å². The molecule has 0 spiro atoms. The molecule has 0 unspecified atom stereocenters. The first-order valence-electron chi connectivity index (χ1n) is 6.18. The van der Waals surface area contributed by atoms with Gasteiger partial charge in [0.15, 0.2) is 0 Å². The zero-order valence-electron chi connectivity index (χ0n) is 11.1. The van der Waals surface area contributed by atoms with Gasteiger partial charge < -0.3 is 10.5 Å². The van der Waals surface area contributed by atoms with E-state index >= 15 is 0 Å². The van der Waals surface area contributed by atoms with E-state index in [1.165, 1.54) is 0 Å². The van der Waals surface area contributed by atoms with Gasteiger partial charge in [0.25, 0.3) is 0 Å². The van der Waals surface area contributed by atoms with E-state index in [2.05, 4.69) is 12.0 Å². The number of nitrogens with zero attached hydrogens (tertiary/aromatic N) is 2. The summed E-state index contributed by atoms with van der Waals surface area (Å²) in [5.74, 6) is 1.43. The predicted molar refractivity (Wildman–Crippen MR) is 72.9 cm³/mol. The van der Waals surface area contributed by atoms with Crippen LogP contribution in [-0.2, 0) is 13.5 Å². The maximum absolute atomic E-state index is 6.08. The molecule has 0 fully saturated rings. The third-order valence-electron chi connectivity index (χ3n) is 2.89. The number of benzene rings is 1. The lowest BCUT2D eigenvalue weighted by Gasteiger charge is -2.08. The van der Waals surface area contributed by atoms with Gasteiger partial charge in [0.2, 0.25) is 5.88 Å². The van der Waals surface area contributed by atoms with Crippen LogP contribution in [0.25, 0.3) is 0 Å². The second kappa shape index (κ2) is 5.12. The maximum Gasteiger partial charge on any atom is 0.241 e. The molecule has 4 heteroatoms. The highest BCUT2D eigenvalue weighted by molar-refractivity contribution is 5.55. The number of nitrogens with two attached hydrogens (primary N) is 1. The SMILES string of the molecule is CCCc1nn(C)c(Oc2ccccc2C)c1N. The summed E-state index contributed by atoms with van der Waals surface area (Å²) in [6, 6.07) is 7.87. The van der Waals surface area contributed by atoms with E-state index in [-0.39, 0.29) is 0 Å². The second-order valence-electron chi connectivity index (χ2n) is 4.41. The van der Waals surface area contributed by atoms with Crippen LogP contribution in [0.1, 0.15) is 24.6 Å². The van der Waals surface area contributed by atoms with Gasteiger partial charge in [-0.15, -0.1) is 0 Å². The van der Waals surface area contributed by atoms with Crippen molar-refractivity contribution < 1.29 is 4.74 Å². The Hall–Kier alpha value is -1.97. The van der Waals surface area contributed by atoms with Crippen molar-refractivity contribution in [3.8, 4) is 11.6 Å². The Balaban J connectivity index is 2.32. The van der Waals surface area contributed by atoms with Crippen LogP contribution in [0.2, 0.25) is 0 Å². The fraction of sp³-hybridized carbons (Fsp3) is 0.357. The monoisotopic (exact) mass is 245 g/mol. The fourth-order valence-corrected chi connectivity index (χ4v) is 1.90. The zero-order valence-corrected chi connectivity index (χ0v) is 11.1. The first-order valence-corrected chi connectivity index (χ1v) is 6.18. The predicted octanol–water partition coefficient (Wildman–Crippen LogP) is 3.06. The Morgan fingerprint density at radius 3 is 2.72 bits per heavy atom. The van der Waals surface area contributed by atoms with Crippen molar-refractivity contribution in [3.05, 3.63) is 35.5 Å². The quantitative estimate of drug-likeness (QED) is 0.900. The standard InChI is InChI=1S/C14H19N3O/c1-4-7-11-13(15)14(17(3)16-11)18-12-9-6-5-8-10(12)2/h5-6,8-9H,4,7,15H2,1-3H3. The van der Waals surface area contributed by atoms with Gasteiger partial charge in [0.1, 0.15) is 11.4 Å². The van der Waals surface area contributed by atoms with Gasteiger partial charge in [0.05, 0.1) is 5.69 Å². The van der Waals surface area contributed by atoms with Gasteiger partial charge in [-0.25, -0.2) is 4.68 Å². The van der Waals surface area contributed by atoms with E-state index in [0.29, 0.717) is 11.6 Å². The first kappa shape index (κ1) is 12.5. The van der Waals surface area contributed by atoms with Crippen molar-refractivity contribution >= 4 is 5.69 Å². The van der Waals surface area contributed by atoms with E-state index < -0.39 is 0 Å². The molecule has 0 aliphatic carbocycles. The van der Waals surface area contributed by atoms with Crippen molar-refractivity contribution in [2.24, 2.45) is 7.05 Å². The van der Waals surface area contributed by atoms with Crippen molar-refractivity contribution in [1.29, 1.82) is 0 Å². The summed E-state index contributed by atoms with van der Waals surface area (Å²) < 4.78 is 7.57. The highest BCUT2D eigenvalue weighted by Gasteiger charge is 2.15. The molecule has 0 saturated heterocycles. The Bertz CT molecular complexity index is 546. The largest absolute Gasteiger partial charge is 0.437 e. The molecule has 2 rings (SSSR count). The van der Waals surface area contributed by atoms with Gasteiger partial charge in [0, 0.05) is 7.05 Å². The summed E-state index contributed by atoms with van der Waals surface area (Å²) in [5.41, 5.74) is 8.71. The summed E-state index contributed by atoms with van der Waals surface area (Å²) in [7, 11) is 1.85. The minimum absolute atomic E-state index is 0.618. The molecule has 4 nitrogen and oxygen atoms in total. The van der Waals surface area contributed by atoms with Crippen molar-refractivity contribution in [3.63, 3.8) is 0 Å². The smallest absolute Gasteiger partial charge is 0.241 e. The summed E-state index contributed by atoms with van der Waals surface area (Å²) in [4.78, 5) is 0. The van der Waals surface area contributed by atoms with Gasteiger partial charge in [-0.3, -0.25) is 0 Å². The molecule has 0 amide bonds. The lowest BCUT2D eigenvalue weighted by Crippen LogP contribution is -1.98. The highest BCUT2D eigenvalue weighted by Crippen LogP contribution is 2.31. The summed E-state index contributed by atoms with van der Waals surface area (Å²) in [6.45, 7) is 4.12. The average molecular weight is 245 g/mol.